The standard InChI is InChI=1S/C19H37BrO4/c1-16(2)9-13-23-19(24-14-10-17(3)4)11-15-22-18(21)8-6-5-7-12-20/h16-17,19H,5-15H2,1-4H3. The van der Waals surface area contributed by atoms with Crippen LogP contribution in [0.1, 0.15) is 72.6 Å². The molecule has 0 rings (SSSR count). The normalized spacial score (nSPS) is 11.7. The number of unbranched alkanes of at least 4 members (excludes halogenated alkanes) is 2. The topological polar surface area (TPSA) is 44.8 Å². The number of esters is 1. The van der Waals surface area contributed by atoms with Crippen LogP contribution in [0.3, 0.4) is 0 Å². The van der Waals surface area contributed by atoms with Gasteiger partial charge in [-0.1, -0.05) is 50.0 Å². The Morgan fingerprint density at radius 1 is 0.833 bits per heavy atom. The molecule has 4 nitrogen and oxygen atoms in total. The maximum atomic E-state index is 11.7. The second kappa shape index (κ2) is 16.3. The van der Waals surface area contributed by atoms with E-state index in [2.05, 4.69) is 43.6 Å². The molecule has 0 aliphatic rings. The summed E-state index contributed by atoms with van der Waals surface area (Å²) in [4.78, 5) is 11.7. The first-order chi connectivity index (χ1) is 11.5. The SMILES string of the molecule is CC(C)CCOC(CCOC(=O)CCCCCBr)OCCC(C)C. The molecule has 0 aromatic heterocycles. The molecule has 0 heterocycles. The van der Waals surface area contributed by atoms with E-state index in [4.69, 9.17) is 14.2 Å². The van der Waals surface area contributed by atoms with E-state index >= 15 is 0 Å². The van der Waals surface area contributed by atoms with Crippen LogP contribution in [0.5, 0.6) is 0 Å². The number of carbonyl (C=O) groups excluding carboxylic acids is 1. The van der Waals surface area contributed by atoms with Crippen molar-refractivity contribution in [3.8, 4) is 0 Å². The van der Waals surface area contributed by atoms with Gasteiger partial charge in [0.15, 0.2) is 6.29 Å². The Morgan fingerprint density at radius 2 is 1.42 bits per heavy atom. The van der Waals surface area contributed by atoms with E-state index in [1.165, 1.54) is 0 Å². The first-order valence-corrected chi connectivity index (χ1v) is 10.5. The summed E-state index contributed by atoms with van der Waals surface area (Å²) >= 11 is 3.39. The highest BCUT2D eigenvalue weighted by Gasteiger charge is 2.12. The molecule has 0 spiro atoms. The maximum absolute atomic E-state index is 11.7. The van der Waals surface area contributed by atoms with E-state index < -0.39 is 0 Å². The lowest BCUT2D eigenvalue weighted by molar-refractivity contribution is -0.163. The van der Waals surface area contributed by atoms with Crippen molar-refractivity contribution >= 4 is 21.9 Å². The third-order valence-electron chi connectivity index (χ3n) is 3.63. The third kappa shape index (κ3) is 16.7. The van der Waals surface area contributed by atoms with E-state index in [1.54, 1.807) is 0 Å². The molecule has 0 radical (unpaired) electrons. The second-order valence-corrected chi connectivity index (χ2v) is 7.84. The number of rotatable bonds is 16. The molecule has 0 aromatic carbocycles. The number of alkyl halides is 1. The lowest BCUT2D eigenvalue weighted by Crippen LogP contribution is -2.22. The largest absolute Gasteiger partial charge is 0.465 e. The predicted octanol–water partition coefficient (Wildman–Crippen LogP) is 5.33. The molecule has 0 saturated heterocycles. The fourth-order valence-corrected chi connectivity index (χ4v) is 2.36. The number of carbonyl (C=O) groups is 1. The average molecular weight is 409 g/mol. The summed E-state index contributed by atoms with van der Waals surface area (Å²) in [6, 6.07) is 0. The van der Waals surface area contributed by atoms with Crippen molar-refractivity contribution in [3.05, 3.63) is 0 Å². The lowest BCUT2D eigenvalue weighted by atomic mass is 10.1. The lowest BCUT2D eigenvalue weighted by Gasteiger charge is -2.20. The van der Waals surface area contributed by atoms with Gasteiger partial charge in [0, 0.05) is 31.4 Å². The zero-order valence-corrected chi connectivity index (χ0v) is 17.6. The summed E-state index contributed by atoms with van der Waals surface area (Å²) in [5, 5.41) is 0.991. The summed E-state index contributed by atoms with van der Waals surface area (Å²) in [5.74, 6) is 1.10. The summed E-state index contributed by atoms with van der Waals surface area (Å²) in [6.07, 6.45) is 5.90. The molecule has 24 heavy (non-hydrogen) atoms. The van der Waals surface area contributed by atoms with Gasteiger partial charge >= 0.3 is 5.97 Å². The van der Waals surface area contributed by atoms with Gasteiger partial charge in [0.05, 0.1) is 6.61 Å². The van der Waals surface area contributed by atoms with Gasteiger partial charge < -0.3 is 14.2 Å². The molecule has 0 N–H and O–H groups in total. The Bertz CT molecular complexity index is 281. The second-order valence-electron chi connectivity index (χ2n) is 7.04. The van der Waals surface area contributed by atoms with Crippen LogP contribution < -0.4 is 0 Å². The first kappa shape index (κ1) is 23.9. The van der Waals surface area contributed by atoms with Gasteiger partial charge in [0.1, 0.15) is 0 Å². The van der Waals surface area contributed by atoms with E-state index in [9.17, 15) is 4.79 Å². The van der Waals surface area contributed by atoms with Gasteiger partial charge in [0.2, 0.25) is 0 Å². The highest BCUT2D eigenvalue weighted by molar-refractivity contribution is 9.09. The zero-order chi connectivity index (χ0) is 18.2. The molecule has 0 unspecified atom stereocenters. The van der Waals surface area contributed by atoms with Gasteiger partial charge in [-0.05, 0) is 37.5 Å². The molecule has 0 aromatic rings. The Hall–Kier alpha value is -0.130. The molecule has 0 bridgehead atoms. The first-order valence-electron chi connectivity index (χ1n) is 9.40. The highest BCUT2D eigenvalue weighted by Crippen LogP contribution is 2.09. The van der Waals surface area contributed by atoms with Gasteiger partial charge in [-0.2, -0.15) is 0 Å². The fourth-order valence-electron chi connectivity index (χ4n) is 1.97. The zero-order valence-electron chi connectivity index (χ0n) is 16.0. The van der Waals surface area contributed by atoms with Crippen molar-refractivity contribution in [2.24, 2.45) is 11.8 Å². The van der Waals surface area contributed by atoms with Crippen LogP contribution in [-0.4, -0.2) is 37.4 Å². The molecule has 0 fully saturated rings. The smallest absolute Gasteiger partial charge is 0.305 e. The Labute approximate surface area is 157 Å². The summed E-state index contributed by atoms with van der Waals surface area (Å²) < 4.78 is 16.9. The van der Waals surface area contributed by atoms with Crippen LogP contribution in [0.4, 0.5) is 0 Å². The molecule has 0 aliphatic carbocycles. The van der Waals surface area contributed by atoms with Gasteiger partial charge in [-0.3, -0.25) is 4.79 Å². The van der Waals surface area contributed by atoms with E-state index in [0.717, 1.165) is 37.4 Å². The molecule has 0 amide bonds. The van der Waals surface area contributed by atoms with Gasteiger partial charge in [-0.15, -0.1) is 0 Å². The summed E-state index contributed by atoms with van der Waals surface area (Å²) in [7, 11) is 0. The predicted molar refractivity (Wildman–Crippen MR) is 102 cm³/mol. The maximum Gasteiger partial charge on any atom is 0.305 e. The van der Waals surface area contributed by atoms with Crippen molar-refractivity contribution in [1.82, 2.24) is 0 Å². The third-order valence-corrected chi connectivity index (χ3v) is 4.19. The Morgan fingerprint density at radius 3 is 1.92 bits per heavy atom. The van der Waals surface area contributed by atoms with Crippen molar-refractivity contribution in [1.29, 1.82) is 0 Å². The van der Waals surface area contributed by atoms with Crippen LogP contribution >= 0.6 is 15.9 Å². The highest BCUT2D eigenvalue weighted by atomic mass is 79.9. The number of ether oxygens (including phenoxy) is 3. The van der Waals surface area contributed by atoms with Crippen LogP contribution in [0, 0.1) is 11.8 Å². The van der Waals surface area contributed by atoms with Crippen molar-refractivity contribution in [3.63, 3.8) is 0 Å². The van der Waals surface area contributed by atoms with Crippen LogP contribution in [0.2, 0.25) is 0 Å². The van der Waals surface area contributed by atoms with Crippen LogP contribution in [0.25, 0.3) is 0 Å². The minimum Gasteiger partial charge on any atom is -0.465 e. The summed E-state index contributed by atoms with van der Waals surface area (Å²) in [6.45, 7) is 10.4. The molecule has 0 aliphatic heterocycles. The average Bonchev–Trinajstić information content (AvgIpc) is 2.50. The fraction of sp³-hybridized carbons (Fsp3) is 0.947. The van der Waals surface area contributed by atoms with E-state index in [-0.39, 0.29) is 12.3 Å². The minimum absolute atomic E-state index is 0.118. The molecule has 144 valence electrons. The number of hydrogen-bond acceptors (Lipinski definition) is 4. The van der Waals surface area contributed by atoms with Crippen molar-refractivity contribution in [2.45, 2.75) is 78.9 Å². The van der Waals surface area contributed by atoms with Crippen LogP contribution in [0.15, 0.2) is 0 Å². The Kier molecular flexibility index (Phi) is 16.3. The number of halogens is 1. The van der Waals surface area contributed by atoms with Gasteiger partial charge in [0.25, 0.3) is 0 Å². The van der Waals surface area contributed by atoms with Gasteiger partial charge in [-0.25, -0.2) is 0 Å². The molecule has 5 heteroatoms. The van der Waals surface area contributed by atoms with Crippen LogP contribution in [-0.2, 0) is 19.0 Å². The number of hydrogen-bond donors (Lipinski definition) is 0. The minimum atomic E-state index is -0.274. The van der Waals surface area contributed by atoms with E-state index in [1.807, 2.05) is 0 Å². The quantitative estimate of drug-likeness (QED) is 0.150. The van der Waals surface area contributed by atoms with Crippen molar-refractivity contribution < 1.29 is 19.0 Å². The molecule has 0 atom stereocenters. The molecule has 0 saturated carbocycles. The summed E-state index contributed by atoms with van der Waals surface area (Å²) in [5.41, 5.74) is 0. The molecular formula is C19H37BrO4. The Balaban J connectivity index is 3.93. The van der Waals surface area contributed by atoms with Crippen molar-refractivity contribution in [2.75, 3.05) is 25.2 Å². The van der Waals surface area contributed by atoms with E-state index in [0.29, 0.717) is 44.5 Å². The monoisotopic (exact) mass is 408 g/mol. The molecular weight excluding hydrogens is 372 g/mol.